The molecule has 0 saturated carbocycles. The Kier molecular flexibility index (Phi) is 4.75. The fourth-order valence-corrected chi connectivity index (χ4v) is 3.82. The fraction of sp³-hybridized carbons (Fsp3) is 0.167. The van der Waals surface area contributed by atoms with Gasteiger partial charge in [-0.05, 0) is 53.8 Å². The van der Waals surface area contributed by atoms with Crippen molar-refractivity contribution in [2.75, 3.05) is 0 Å². The van der Waals surface area contributed by atoms with Crippen molar-refractivity contribution in [2.45, 2.75) is 26.4 Å². The SMILES string of the molecule is CCc1ccc(C2Oc3c(Cl)cccc3C(C)=C2c2ccc(F)cc2)cc1. The number of ether oxygens (including phenoxy) is 1. The maximum absolute atomic E-state index is 13.5. The number of benzene rings is 3. The van der Waals surface area contributed by atoms with Crippen LogP contribution in [0, 0.1) is 5.82 Å². The summed E-state index contributed by atoms with van der Waals surface area (Å²) in [5.41, 5.74) is 6.38. The van der Waals surface area contributed by atoms with Crippen LogP contribution >= 0.6 is 11.6 Å². The van der Waals surface area contributed by atoms with Crippen LogP contribution in [0.4, 0.5) is 4.39 Å². The minimum absolute atomic E-state index is 0.249. The smallest absolute Gasteiger partial charge is 0.150 e. The molecule has 1 aliphatic heterocycles. The molecule has 0 bridgehead atoms. The van der Waals surface area contributed by atoms with Crippen LogP contribution in [-0.2, 0) is 6.42 Å². The summed E-state index contributed by atoms with van der Waals surface area (Å²) in [5, 5.41) is 0.597. The van der Waals surface area contributed by atoms with Gasteiger partial charge in [0, 0.05) is 11.1 Å². The Labute approximate surface area is 164 Å². The van der Waals surface area contributed by atoms with Gasteiger partial charge in [-0.2, -0.15) is 0 Å². The summed E-state index contributed by atoms with van der Waals surface area (Å²) in [7, 11) is 0. The van der Waals surface area contributed by atoms with Crippen molar-refractivity contribution in [3.63, 3.8) is 0 Å². The number of aryl methyl sites for hydroxylation is 1. The molecule has 3 aromatic carbocycles. The summed E-state index contributed by atoms with van der Waals surface area (Å²) in [6.07, 6.45) is 0.689. The first-order chi connectivity index (χ1) is 13.1. The molecule has 1 aliphatic rings. The molecule has 1 nitrogen and oxygen atoms in total. The van der Waals surface area contributed by atoms with Crippen LogP contribution in [0.3, 0.4) is 0 Å². The van der Waals surface area contributed by atoms with Gasteiger partial charge in [-0.1, -0.05) is 67.1 Å². The molecular weight excluding hydrogens is 359 g/mol. The van der Waals surface area contributed by atoms with Crippen molar-refractivity contribution in [1.82, 2.24) is 0 Å². The molecule has 3 heteroatoms. The summed E-state index contributed by atoms with van der Waals surface area (Å²) in [6.45, 7) is 4.21. The third-order valence-electron chi connectivity index (χ3n) is 5.12. The Morgan fingerprint density at radius 1 is 0.963 bits per heavy atom. The minimum atomic E-state index is -0.297. The van der Waals surface area contributed by atoms with Gasteiger partial charge in [0.05, 0.1) is 5.02 Å². The average Bonchev–Trinajstić information content (AvgIpc) is 2.69. The second kappa shape index (κ2) is 7.21. The highest BCUT2D eigenvalue weighted by atomic mass is 35.5. The lowest BCUT2D eigenvalue weighted by Crippen LogP contribution is -2.16. The van der Waals surface area contributed by atoms with Gasteiger partial charge in [-0.3, -0.25) is 0 Å². The van der Waals surface area contributed by atoms with Gasteiger partial charge in [-0.25, -0.2) is 4.39 Å². The van der Waals surface area contributed by atoms with Gasteiger partial charge in [0.1, 0.15) is 17.7 Å². The molecule has 3 aromatic rings. The molecule has 0 saturated heterocycles. The van der Waals surface area contributed by atoms with Crippen LogP contribution in [0.25, 0.3) is 11.1 Å². The Balaban J connectivity index is 1.91. The van der Waals surface area contributed by atoms with E-state index in [0.717, 1.165) is 34.3 Å². The highest BCUT2D eigenvalue weighted by Gasteiger charge is 2.30. The molecule has 136 valence electrons. The van der Waals surface area contributed by atoms with Crippen molar-refractivity contribution in [3.05, 3.63) is 99.8 Å². The van der Waals surface area contributed by atoms with Gasteiger partial charge >= 0.3 is 0 Å². The summed E-state index contributed by atoms with van der Waals surface area (Å²) in [6, 6.07) is 20.8. The standard InChI is InChI=1S/C24H20ClFO/c1-3-16-7-9-18(10-8-16)23-22(17-11-13-19(26)14-12-17)15(2)20-5-4-6-21(25)24(20)27-23/h4-14,23H,3H2,1-2H3. The molecule has 0 aliphatic carbocycles. The van der Waals surface area contributed by atoms with E-state index in [0.29, 0.717) is 10.8 Å². The fourth-order valence-electron chi connectivity index (χ4n) is 3.60. The minimum Gasteiger partial charge on any atom is -0.479 e. The van der Waals surface area contributed by atoms with E-state index in [1.54, 1.807) is 12.1 Å². The van der Waals surface area contributed by atoms with E-state index in [9.17, 15) is 4.39 Å². The van der Waals surface area contributed by atoms with Crippen LogP contribution in [0.1, 0.15) is 42.2 Å². The molecular formula is C24H20ClFO. The zero-order valence-corrected chi connectivity index (χ0v) is 16.1. The van der Waals surface area contributed by atoms with E-state index in [1.807, 2.05) is 18.2 Å². The molecule has 27 heavy (non-hydrogen) atoms. The Morgan fingerprint density at radius 2 is 1.67 bits per heavy atom. The van der Waals surface area contributed by atoms with E-state index >= 15 is 0 Å². The molecule has 0 radical (unpaired) electrons. The second-order valence-electron chi connectivity index (χ2n) is 6.76. The van der Waals surface area contributed by atoms with Crippen molar-refractivity contribution >= 4 is 22.7 Å². The molecule has 0 spiro atoms. The van der Waals surface area contributed by atoms with Gasteiger partial charge < -0.3 is 4.74 Å². The lowest BCUT2D eigenvalue weighted by Gasteiger charge is -2.31. The Hall–Kier alpha value is -2.58. The number of para-hydroxylation sites is 1. The largest absolute Gasteiger partial charge is 0.479 e. The topological polar surface area (TPSA) is 9.23 Å². The third-order valence-corrected chi connectivity index (χ3v) is 5.42. The van der Waals surface area contributed by atoms with E-state index in [-0.39, 0.29) is 11.9 Å². The Bertz CT molecular complexity index is 1000. The molecule has 1 atom stereocenters. The zero-order valence-electron chi connectivity index (χ0n) is 15.3. The van der Waals surface area contributed by atoms with Crippen LogP contribution in [0.2, 0.25) is 5.02 Å². The lowest BCUT2D eigenvalue weighted by molar-refractivity contribution is 0.260. The molecule has 4 rings (SSSR count). The number of rotatable bonds is 3. The Morgan fingerprint density at radius 3 is 2.33 bits per heavy atom. The molecule has 1 unspecified atom stereocenters. The van der Waals surface area contributed by atoms with Crippen molar-refractivity contribution < 1.29 is 9.13 Å². The molecule has 0 amide bonds. The summed E-state index contributed by atoms with van der Waals surface area (Å²) >= 11 is 6.43. The number of allylic oxidation sites excluding steroid dienone is 1. The van der Waals surface area contributed by atoms with Crippen molar-refractivity contribution in [1.29, 1.82) is 0 Å². The van der Waals surface area contributed by atoms with Crippen LogP contribution in [0.15, 0.2) is 66.7 Å². The first-order valence-electron chi connectivity index (χ1n) is 9.09. The van der Waals surface area contributed by atoms with Crippen molar-refractivity contribution in [2.24, 2.45) is 0 Å². The first kappa shape index (κ1) is 17.8. The van der Waals surface area contributed by atoms with Crippen LogP contribution < -0.4 is 4.74 Å². The average molecular weight is 379 g/mol. The summed E-state index contributed by atoms with van der Waals surface area (Å²) < 4.78 is 19.9. The van der Waals surface area contributed by atoms with E-state index in [4.69, 9.17) is 16.3 Å². The monoisotopic (exact) mass is 378 g/mol. The molecule has 0 fully saturated rings. The maximum atomic E-state index is 13.5. The van der Waals surface area contributed by atoms with Gasteiger partial charge in [0.25, 0.3) is 0 Å². The second-order valence-corrected chi connectivity index (χ2v) is 7.16. The number of fused-ring (bicyclic) bond motifs is 1. The van der Waals surface area contributed by atoms with E-state index in [1.165, 1.54) is 17.7 Å². The summed E-state index contributed by atoms with van der Waals surface area (Å²) in [4.78, 5) is 0. The molecule has 1 heterocycles. The van der Waals surface area contributed by atoms with Gasteiger partial charge in [0.2, 0.25) is 0 Å². The quantitative estimate of drug-likeness (QED) is 0.472. The molecule has 0 aromatic heterocycles. The maximum Gasteiger partial charge on any atom is 0.150 e. The lowest BCUT2D eigenvalue weighted by atomic mass is 9.86. The normalized spacial score (nSPS) is 16.1. The third kappa shape index (κ3) is 3.26. The highest BCUT2D eigenvalue weighted by molar-refractivity contribution is 6.32. The van der Waals surface area contributed by atoms with Gasteiger partial charge in [-0.15, -0.1) is 0 Å². The first-order valence-corrected chi connectivity index (χ1v) is 9.47. The van der Waals surface area contributed by atoms with Crippen LogP contribution in [0.5, 0.6) is 5.75 Å². The van der Waals surface area contributed by atoms with E-state index < -0.39 is 0 Å². The number of hydrogen-bond donors (Lipinski definition) is 0. The zero-order chi connectivity index (χ0) is 19.0. The highest BCUT2D eigenvalue weighted by Crippen LogP contribution is 2.48. The van der Waals surface area contributed by atoms with Gasteiger partial charge in [0.15, 0.2) is 0 Å². The summed E-state index contributed by atoms with van der Waals surface area (Å²) in [5.74, 6) is 0.452. The molecule has 0 N–H and O–H groups in total. The number of hydrogen-bond acceptors (Lipinski definition) is 1. The number of halogens is 2. The predicted molar refractivity (Wildman–Crippen MR) is 110 cm³/mol. The van der Waals surface area contributed by atoms with E-state index in [2.05, 4.69) is 38.1 Å². The van der Waals surface area contributed by atoms with Crippen molar-refractivity contribution in [3.8, 4) is 5.75 Å². The van der Waals surface area contributed by atoms with Crippen LogP contribution in [-0.4, -0.2) is 0 Å². The predicted octanol–water partition coefficient (Wildman–Crippen LogP) is 7.11.